The summed E-state index contributed by atoms with van der Waals surface area (Å²) in [4.78, 5) is 4.03. The fourth-order valence-electron chi connectivity index (χ4n) is 1.74. The highest BCUT2D eigenvalue weighted by Gasteiger charge is 2.15. The van der Waals surface area contributed by atoms with Crippen LogP contribution in [0.1, 0.15) is 24.3 Å². The van der Waals surface area contributed by atoms with Crippen molar-refractivity contribution in [3.8, 4) is 0 Å². The van der Waals surface area contributed by atoms with Gasteiger partial charge >= 0.3 is 0 Å². The number of nitrogens with zero attached hydrogens (tertiary/aromatic N) is 2. The van der Waals surface area contributed by atoms with Crippen LogP contribution in [0.3, 0.4) is 0 Å². The van der Waals surface area contributed by atoms with Crippen LogP contribution in [0.2, 0.25) is 0 Å². The lowest BCUT2D eigenvalue weighted by molar-refractivity contribution is 0.172. The first-order valence-electron chi connectivity index (χ1n) is 5.74. The van der Waals surface area contributed by atoms with Crippen molar-refractivity contribution >= 4 is 0 Å². The molecule has 1 unspecified atom stereocenters. The molecule has 0 aliphatic carbocycles. The molecule has 0 aliphatic rings. The summed E-state index contributed by atoms with van der Waals surface area (Å²) in [5.41, 5.74) is 0.606. The van der Waals surface area contributed by atoms with E-state index in [4.69, 9.17) is 0 Å². The molecular formula is C13H14F2N2O. The molecule has 5 heteroatoms. The number of aryl methyl sites for hydroxylation is 1. The van der Waals surface area contributed by atoms with Gasteiger partial charge in [0.05, 0.1) is 12.0 Å². The van der Waals surface area contributed by atoms with Crippen molar-refractivity contribution in [2.75, 3.05) is 0 Å². The van der Waals surface area contributed by atoms with Crippen molar-refractivity contribution in [2.24, 2.45) is 0 Å². The molecule has 0 radical (unpaired) electrons. The molecule has 1 heterocycles. The van der Waals surface area contributed by atoms with Crippen molar-refractivity contribution in [2.45, 2.75) is 26.0 Å². The molecule has 0 saturated heterocycles. The number of benzene rings is 1. The minimum atomic E-state index is -0.936. The maximum Gasteiger partial charge on any atom is 0.162 e. The van der Waals surface area contributed by atoms with Crippen LogP contribution in [0.25, 0.3) is 0 Å². The summed E-state index contributed by atoms with van der Waals surface area (Å²) in [5.74, 6) is -1.81. The second kappa shape index (κ2) is 5.27. The zero-order valence-electron chi connectivity index (χ0n) is 9.98. The predicted octanol–water partition coefficient (Wildman–Crippen LogP) is 2.46. The molecule has 1 atom stereocenters. The van der Waals surface area contributed by atoms with Crippen LogP contribution in [-0.2, 0) is 13.0 Å². The molecule has 1 aromatic carbocycles. The van der Waals surface area contributed by atoms with Crippen molar-refractivity contribution in [1.82, 2.24) is 9.55 Å². The molecule has 18 heavy (non-hydrogen) atoms. The topological polar surface area (TPSA) is 38.0 Å². The largest absolute Gasteiger partial charge is 0.386 e. The summed E-state index contributed by atoms with van der Waals surface area (Å²) in [5, 5.41) is 9.93. The minimum Gasteiger partial charge on any atom is -0.386 e. The van der Waals surface area contributed by atoms with E-state index in [9.17, 15) is 13.9 Å². The quantitative estimate of drug-likeness (QED) is 0.907. The molecule has 3 nitrogen and oxygen atoms in total. The van der Waals surface area contributed by atoms with Gasteiger partial charge in [0.25, 0.3) is 0 Å². The van der Waals surface area contributed by atoms with Crippen molar-refractivity contribution in [3.05, 3.63) is 53.6 Å². The van der Waals surface area contributed by atoms with Crippen molar-refractivity contribution in [3.63, 3.8) is 0 Å². The van der Waals surface area contributed by atoms with Crippen LogP contribution in [-0.4, -0.2) is 14.7 Å². The van der Waals surface area contributed by atoms with E-state index < -0.39 is 17.7 Å². The summed E-state index contributed by atoms with van der Waals surface area (Å²) >= 11 is 0. The predicted molar refractivity (Wildman–Crippen MR) is 62.9 cm³/mol. The normalized spacial score (nSPS) is 12.7. The molecule has 1 aromatic heterocycles. The first-order chi connectivity index (χ1) is 8.61. The van der Waals surface area contributed by atoms with E-state index in [1.807, 2.05) is 6.92 Å². The standard InChI is InChI=1S/C13H14F2N2O/c1-2-17-7-11(16-8-17)12(18)6-9-4-3-5-10(14)13(9)15/h3-5,7-8,12,18H,2,6H2,1H3. The molecule has 0 aliphatic heterocycles. The van der Waals surface area contributed by atoms with E-state index in [2.05, 4.69) is 4.98 Å². The van der Waals surface area contributed by atoms with E-state index in [1.165, 1.54) is 12.1 Å². The van der Waals surface area contributed by atoms with Crippen LogP contribution in [0.5, 0.6) is 0 Å². The minimum absolute atomic E-state index is 0.00429. The second-order valence-corrected chi connectivity index (χ2v) is 4.06. The lowest BCUT2D eigenvalue weighted by atomic mass is 10.1. The fourth-order valence-corrected chi connectivity index (χ4v) is 1.74. The van der Waals surface area contributed by atoms with Gasteiger partial charge in [0.2, 0.25) is 0 Å². The van der Waals surface area contributed by atoms with Gasteiger partial charge in [-0.3, -0.25) is 0 Å². The first kappa shape index (κ1) is 12.7. The van der Waals surface area contributed by atoms with Gasteiger partial charge in [0.15, 0.2) is 11.6 Å². The van der Waals surface area contributed by atoms with Crippen LogP contribution in [0.15, 0.2) is 30.7 Å². The molecule has 0 amide bonds. The van der Waals surface area contributed by atoms with E-state index in [1.54, 1.807) is 17.1 Å². The average Bonchev–Trinajstić information content (AvgIpc) is 2.83. The number of hydrogen-bond donors (Lipinski definition) is 1. The Kier molecular flexibility index (Phi) is 3.72. The highest BCUT2D eigenvalue weighted by atomic mass is 19.2. The number of imidazole rings is 1. The number of aliphatic hydroxyl groups excluding tert-OH is 1. The van der Waals surface area contributed by atoms with Gasteiger partial charge in [-0.15, -0.1) is 0 Å². The van der Waals surface area contributed by atoms with Gasteiger partial charge in [0, 0.05) is 19.2 Å². The molecule has 0 bridgehead atoms. The SMILES string of the molecule is CCn1cnc(C(O)Cc2cccc(F)c2F)c1. The summed E-state index contributed by atoms with van der Waals surface area (Å²) in [7, 11) is 0. The van der Waals surface area contributed by atoms with Crippen LogP contribution in [0.4, 0.5) is 8.78 Å². The molecule has 96 valence electrons. The number of halogens is 2. The third kappa shape index (κ3) is 2.56. The number of rotatable bonds is 4. The lowest BCUT2D eigenvalue weighted by Gasteiger charge is -2.09. The maximum absolute atomic E-state index is 13.4. The number of aromatic nitrogens is 2. The summed E-state index contributed by atoms with van der Waals surface area (Å²) in [6, 6.07) is 3.93. The Morgan fingerprint density at radius 1 is 1.39 bits per heavy atom. The van der Waals surface area contributed by atoms with E-state index in [-0.39, 0.29) is 12.0 Å². The Hall–Kier alpha value is -1.75. The van der Waals surface area contributed by atoms with Crippen molar-refractivity contribution < 1.29 is 13.9 Å². The van der Waals surface area contributed by atoms with Gasteiger partial charge in [-0.1, -0.05) is 12.1 Å². The lowest BCUT2D eigenvalue weighted by Crippen LogP contribution is -2.05. The zero-order valence-corrected chi connectivity index (χ0v) is 9.98. The fraction of sp³-hybridized carbons (Fsp3) is 0.308. The maximum atomic E-state index is 13.4. The molecular weight excluding hydrogens is 238 g/mol. The van der Waals surface area contributed by atoms with Crippen LogP contribution < -0.4 is 0 Å². The van der Waals surface area contributed by atoms with Crippen molar-refractivity contribution in [1.29, 1.82) is 0 Å². The number of aliphatic hydroxyl groups is 1. The Balaban J connectivity index is 2.15. The molecule has 0 saturated carbocycles. The third-order valence-corrected chi connectivity index (χ3v) is 2.80. The first-order valence-corrected chi connectivity index (χ1v) is 5.74. The summed E-state index contributed by atoms with van der Waals surface area (Å²) in [6.45, 7) is 2.69. The molecule has 2 aromatic rings. The Morgan fingerprint density at radius 2 is 2.17 bits per heavy atom. The molecule has 0 fully saturated rings. The average molecular weight is 252 g/mol. The summed E-state index contributed by atoms with van der Waals surface area (Å²) < 4.78 is 28.3. The molecule has 1 N–H and O–H groups in total. The van der Waals surface area contributed by atoms with E-state index >= 15 is 0 Å². The molecule has 2 rings (SSSR count). The van der Waals surface area contributed by atoms with Gasteiger partial charge < -0.3 is 9.67 Å². The van der Waals surface area contributed by atoms with Crippen LogP contribution in [0, 0.1) is 11.6 Å². The summed E-state index contributed by atoms with van der Waals surface area (Å²) in [6.07, 6.45) is 2.36. The highest BCUT2D eigenvalue weighted by molar-refractivity contribution is 5.21. The van der Waals surface area contributed by atoms with E-state index in [0.29, 0.717) is 5.69 Å². The van der Waals surface area contributed by atoms with Crippen LogP contribution >= 0.6 is 0 Å². The van der Waals surface area contributed by atoms with Gasteiger partial charge in [0.1, 0.15) is 6.10 Å². The smallest absolute Gasteiger partial charge is 0.162 e. The van der Waals surface area contributed by atoms with Gasteiger partial charge in [-0.05, 0) is 18.6 Å². The zero-order chi connectivity index (χ0) is 13.1. The molecule has 0 spiro atoms. The second-order valence-electron chi connectivity index (χ2n) is 4.06. The number of hydrogen-bond acceptors (Lipinski definition) is 2. The monoisotopic (exact) mass is 252 g/mol. The van der Waals surface area contributed by atoms with Gasteiger partial charge in [-0.2, -0.15) is 0 Å². The Morgan fingerprint density at radius 3 is 2.83 bits per heavy atom. The highest BCUT2D eigenvalue weighted by Crippen LogP contribution is 2.20. The third-order valence-electron chi connectivity index (χ3n) is 2.80. The van der Waals surface area contributed by atoms with E-state index in [0.717, 1.165) is 12.6 Å². The Labute approximate surface area is 104 Å². The van der Waals surface area contributed by atoms with Gasteiger partial charge in [-0.25, -0.2) is 13.8 Å². The Bertz CT molecular complexity index is 540.